The van der Waals surface area contributed by atoms with E-state index in [1.807, 2.05) is 0 Å². The molecular formula is C13H26N2O. The largest absolute Gasteiger partial charge is 0.378 e. The van der Waals surface area contributed by atoms with Crippen molar-refractivity contribution in [2.75, 3.05) is 26.3 Å². The van der Waals surface area contributed by atoms with Crippen molar-refractivity contribution in [2.45, 2.75) is 51.7 Å². The summed E-state index contributed by atoms with van der Waals surface area (Å²) in [5, 5.41) is 3.62. The van der Waals surface area contributed by atoms with E-state index in [9.17, 15) is 0 Å². The fourth-order valence-electron chi connectivity index (χ4n) is 2.82. The highest BCUT2D eigenvalue weighted by molar-refractivity contribution is 4.84. The quantitative estimate of drug-likeness (QED) is 0.768. The minimum Gasteiger partial charge on any atom is -0.378 e. The molecule has 2 aliphatic heterocycles. The van der Waals surface area contributed by atoms with Crippen LogP contribution in [0.25, 0.3) is 0 Å². The molecule has 1 N–H and O–H groups in total. The smallest absolute Gasteiger partial charge is 0.0645 e. The zero-order valence-corrected chi connectivity index (χ0v) is 10.9. The summed E-state index contributed by atoms with van der Waals surface area (Å²) in [5.74, 6) is 0.865. The van der Waals surface area contributed by atoms with Crippen molar-refractivity contribution in [1.29, 1.82) is 0 Å². The number of rotatable bonds is 5. The van der Waals surface area contributed by atoms with Crippen LogP contribution in [0.4, 0.5) is 0 Å². The van der Waals surface area contributed by atoms with Gasteiger partial charge in [-0.1, -0.05) is 6.92 Å². The molecule has 2 atom stereocenters. The van der Waals surface area contributed by atoms with Gasteiger partial charge in [-0.2, -0.15) is 0 Å². The molecular weight excluding hydrogens is 200 g/mol. The Morgan fingerprint density at radius 2 is 2.12 bits per heavy atom. The highest BCUT2D eigenvalue weighted by atomic mass is 16.5. The van der Waals surface area contributed by atoms with Crippen LogP contribution in [0, 0.1) is 5.92 Å². The van der Waals surface area contributed by atoms with Crippen LogP contribution in [0.1, 0.15) is 33.6 Å². The summed E-state index contributed by atoms with van der Waals surface area (Å²) in [6.45, 7) is 11.2. The Hall–Kier alpha value is -0.120. The predicted octanol–water partition coefficient (Wildman–Crippen LogP) is 1.48. The highest BCUT2D eigenvalue weighted by Gasteiger charge is 2.29. The number of hydrogen-bond donors (Lipinski definition) is 1. The predicted molar refractivity (Wildman–Crippen MR) is 66.6 cm³/mol. The lowest BCUT2D eigenvalue weighted by Crippen LogP contribution is -2.52. The summed E-state index contributed by atoms with van der Waals surface area (Å²) >= 11 is 0. The summed E-state index contributed by atoms with van der Waals surface area (Å²) in [7, 11) is 0. The van der Waals surface area contributed by atoms with Gasteiger partial charge < -0.3 is 10.1 Å². The number of ether oxygens (including phenoxy) is 1. The molecule has 0 aromatic heterocycles. The van der Waals surface area contributed by atoms with E-state index in [0.717, 1.165) is 25.2 Å². The maximum Gasteiger partial charge on any atom is 0.0645 e. The molecule has 0 aromatic carbocycles. The molecule has 2 unspecified atom stereocenters. The standard InChI is InChI=1S/C13H26N2O/c1-10(2)15(13-8-16-9-13)5-4-12-6-11(3)7-14-12/h10-14H,4-9H2,1-3H3. The van der Waals surface area contributed by atoms with Crippen molar-refractivity contribution in [2.24, 2.45) is 5.92 Å². The molecule has 0 saturated carbocycles. The van der Waals surface area contributed by atoms with Gasteiger partial charge in [-0.15, -0.1) is 0 Å². The van der Waals surface area contributed by atoms with E-state index in [1.165, 1.54) is 25.9 Å². The average Bonchev–Trinajstić information content (AvgIpc) is 2.55. The minimum absolute atomic E-state index is 0.646. The molecule has 0 aliphatic carbocycles. The molecule has 2 heterocycles. The second kappa shape index (κ2) is 5.48. The SMILES string of the molecule is CC1CNC(CCN(C(C)C)C2COC2)C1. The monoisotopic (exact) mass is 226 g/mol. The fraction of sp³-hybridized carbons (Fsp3) is 1.00. The Morgan fingerprint density at radius 3 is 2.56 bits per heavy atom. The molecule has 0 radical (unpaired) electrons. The first-order valence-electron chi connectivity index (χ1n) is 6.73. The summed E-state index contributed by atoms with van der Waals surface area (Å²) in [6, 6.07) is 2.07. The zero-order chi connectivity index (χ0) is 11.5. The van der Waals surface area contributed by atoms with Gasteiger partial charge in [0.1, 0.15) is 0 Å². The Bertz CT molecular complexity index is 216. The molecule has 16 heavy (non-hydrogen) atoms. The molecule has 3 heteroatoms. The van der Waals surface area contributed by atoms with E-state index in [2.05, 4.69) is 31.0 Å². The Labute approximate surface area is 99.5 Å². The summed E-state index contributed by atoms with van der Waals surface area (Å²) < 4.78 is 5.30. The molecule has 2 saturated heterocycles. The lowest BCUT2D eigenvalue weighted by molar-refractivity contribution is -0.0758. The van der Waals surface area contributed by atoms with Crippen molar-refractivity contribution in [1.82, 2.24) is 10.2 Å². The Balaban J connectivity index is 1.73. The van der Waals surface area contributed by atoms with Crippen LogP contribution < -0.4 is 5.32 Å². The topological polar surface area (TPSA) is 24.5 Å². The van der Waals surface area contributed by atoms with Crippen LogP contribution in [-0.4, -0.2) is 49.3 Å². The van der Waals surface area contributed by atoms with Gasteiger partial charge in [0.05, 0.1) is 19.3 Å². The van der Waals surface area contributed by atoms with Gasteiger partial charge in [0.15, 0.2) is 0 Å². The van der Waals surface area contributed by atoms with Crippen LogP contribution in [0.3, 0.4) is 0 Å². The maximum absolute atomic E-state index is 5.30. The van der Waals surface area contributed by atoms with E-state index in [-0.39, 0.29) is 0 Å². The number of hydrogen-bond acceptors (Lipinski definition) is 3. The van der Waals surface area contributed by atoms with E-state index in [4.69, 9.17) is 4.74 Å². The third-order valence-corrected chi connectivity index (χ3v) is 3.93. The van der Waals surface area contributed by atoms with Gasteiger partial charge in [-0.3, -0.25) is 4.90 Å². The van der Waals surface area contributed by atoms with Crippen molar-refractivity contribution in [3.05, 3.63) is 0 Å². The first-order valence-corrected chi connectivity index (χ1v) is 6.73. The summed E-state index contributed by atoms with van der Waals surface area (Å²) in [4.78, 5) is 2.61. The van der Waals surface area contributed by atoms with Gasteiger partial charge in [-0.25, -0.2) is 0 Å². The Kier molecular flexibility index (Phi) is 4.22. The van der Waals surface area contributed by atoms with Crippen molar-refractivity contribution in [3.8, 4) is 0 Å². The second-order valence-electron chi connectivity index (χ2n) is 5.76. The van der Waals surface area contributed by atoms with Crippen LogP contribution in [-0.2, 0) is 4.74 Å². The molecule has 3 nitrogen and oxygen atoms in total. The van der Waals surface area contributed by atoms with Crippen LogP contribution in [0.5, 0.6) is 0 Å². The van der Waals surface area contributed by atoms with Crippen molar-refractivity contribution >= 4 is 0 Å². The van der Waals surface area contributed by atoms with Crippen LogP contribution >= 0.6 is 0 Å². The maximum atomic E-state index is 5.30. The minimum atomic E-state index is 0.646. The van der Waals surface area contributed by atoms with Crippen molar-refractivity contribution < 1.29 is 4.74 Å². The number of nitrogens with one attached hydrogen (secondary N) is 1. The summed E-state index contributed by atoms with van der Waals surface area (Å²) in [6.07, 6.45) is 2.64. The first kappa shape index (κ1) is 12.3. The zero-order valence-electron chi connectivity index (χ0n) is 10.9. The van der Waals surface area contributed by atoms with Gasteiger partial charge >= 0.3 is 0 Å². The molecule has 0 spiro atoms. The molecule has 2 fully saturated rings. The normalized spacial score (nSPS) is 31.3. The second-order valence-corrected chi connectivity index (χ2v) is 5.76. The molecule has 0 aromatic rings. The van der Waals surface area contributed by atoms with Gasteiger partial charge in [0, 0.05) is 18.6 Å². The van der Waals surface area contributed by atoms with Crippen LogP contribution in [0.2, 0.25) is 0 Å². The van der Waals surface area contributed by atoms with E-state index < -0.39 is 0 Å². The van der Waals surface area contributed by atoms with Crippen molar-refractivity contribution in [3.63, 3.8) is 0 Å². The molecule has 0 bridgehead atoms. The summed E-state index contributed by atoms with van der Waals surface area (Å²) in [5.41, 5.74) is 0. The highest BCUT2D eigenvalue weighted by Crippen LogP contribution is 2.19. The first-order chi connectivity index (χ1) is 7.66. The van der Waals surface area contributed by atoms with E-state index >= 15 is 0 Å². The van der Waals surface area contributed by atoms with Gasteiger partial charge in [-0.05, 0) is 39.2 Å². The average molecular weight is 226 g/mol. The van der Waals surface area contributed by atoms with Crippen LogP contribution in [0.15, 0.2) is 0 Å². The van der Waals surface area contributed by atoms with Gasteiger partial charge in [0.25, 0.3) is 0 Å². The lowest BCUT2D eigenvalue weighted by Gasteiger charge is -2.40. The van der Waals surface area contributed by atoms with E-state index in [0.29, 0.717) is 12.1 Å². The third-order valence-electron chi connectivity index (χ3n) is 3.93. The van der Waals surface area contributed by atoms with E-state index in [1.54, 1.807) is 0 Å². The molecule has 2 aliphatic rings. The Morgan fingerprint density at radius 1 is 1.38 bits per heavy atom. The lowest BCUT2D eigenvalue weighted by atomic mass is 10.0. The third kappa shape index (κ3) is 2.96. The molecule has 94 valence electrons. The fourth-order valence-corrected chi connectivity index (χ4v) is 2.82. The number of nitrogens with zero attached hydrogens (tertiary/aromatic N) is 1. The molecule has 2 rings (SSSR count). The van der Waals surface area contributed by atoms with Gasteiger partial charge in [0.2, 0.25) is 0 Å². The molecule has 0 amide bonds.